The average molecular weight is 463 g/mol. The normalized spacial score (nSPS) is 14.2. The molecule has 0 saturated heterocycles. The molecule has 0 aromatic carbocycles. The third-order valence-corrected chi connectivity index (χ3v) is 3.85. The summed E-state index contributed by atoms with van der Waals surface area (Å²) in [6, 6.07) is -6.64. The maximum absolute atomic E-state index is 12.4. The van der Waals surface area contributed by atoms with Gasteiger partial charge in [0.2, 0.25) is 23.6 Å². The molecule has 0 aliphatic rings. The van der Waals surface area contributed by atoms with Gasteiger partial charge in [-0.2, -0.15) is 0 Å². The highest BCUT2D eigenvalue weighted by Crippen LogP contribution is 2.01. The van der Waals surface area contributed by atoms with Crippen molar-refractivity contribution in [3.8, 4) is 0 Å². The lowest BCUT2D eigenvalue weighted by molar-refractivity contribution is -0.144. The van der Waals surface area contributed by atoms with Crippen LogP contribution in [-0.4, -0.2) is 92.7 Å². The van der Waals surface area contributed by atoms with Crippen LogP contribution in [0.2, 0.25) is 0 Å². The number of primary amides is 1. The van der Waals surface area contributed by atoms with E-state index in [-0.39, 0.29) is 0 Å². The molecule has 0 heterocycles. The molecule has 0 rings (SSSR count). The molecule has 0 fully saturated rings. The molecule has 16 heteroatoms. The van der Waals surface area contributed by atoms with Crippen molar-refractivity contribution in [2.45, 2.75) is 49.9 Å². The smallest absolute Gasteiger partial charge is 0.326 e. The van der Waals surface area contributed by atoms with E-state index in [1.54, 1.807) is 0 Å². The number of nitrogens with two attached hydrogens (primary N) is 2. The summed E-state index contributed by atoms with van der Waals surface area (Å²) < 4.78 is 0. The zero-order chi connectivity index (χ0) is 25.0. The fraction of sp³-hybridized carbons (Fsp3) is 0.562. The summed E-state index contributed by atoms with van der Waals surface area (Å²) in [6.45, 7) is -1.03. The second kappa shape index (κ2) is 13.5. The number of hydrogen-bond acceptors (Lipinski definition) is 9. The Kier molecular flexibility index (Phi) is 11.9. The van der Waals surface area contributed by atoms with E-state index in [2.05, 4.69) is 0 Å². The van der Waals surface area contributed by atoms with E-state index in [0.717, 1.165) is 0 Å². The summed E-state index contributed by atoms with van der Waals surface area (Å²) in [6.07, 6.45) is -2.63. The number of carbonyl (C=O) groups is 7. The van der Waals surface area contributed by atoms with Gasteiger partial charge in [0.05, 0.1) is 25.5 Å². The summed E-state index contributed by atoms with van der Waals surface area (Å²) in [4.78, 5) is 80.1. The van der Waals surface area contributed by atoms with Crippen LogP contribution in [-0.2, 0) is 33.6 Å². The van der Waals surface area contributed by atoms with Gasteiger partial charge in [0.1, 0.15) is 18.1 Å². The molecule has 180 valence electrons. The van der Waals surface area contributed by atoms with Crippen molar-refractivity contribution in [1.29, 1.82) is 0 Å². The van der Waals surface area contributed by atoms with Gasteiger partial charge in [-0.25, -0.2) is 4.79 Å². The topological polar surface area (TPSA) is 289 Å². The molecule has 16 nitrogen and oxygen atoms in total. The van der Waals surface area contributed by atoms with Crippen molar-refractivity contribution < 1.29 is 54.0 Å². The third kappa shape index (κ3) is 10.8. The fourth-order valence-corrected chi connectivity index (χ4v) is 2.23. The zero-order valence-corrected chi connectivity index (χ0v) is 16.6. The predicted molar refractivity (Wildman–Crippen MR) is 101 cm³/mol. The molecular weight excluding hydrogens is 438 g/mol. The summed E-state index contributed by atoms with van der Waals surface area (Å²) in [5, 5.41) is 41.6. The van der Waals surface area contributed by atoms with E-state index < -0.39 is 98.0 Å². The molecule has 0 aromatic rings. The van der Waals surface area contributed by atoms with Gasteiger partial charge in [0.25, 0.3) is 0 Å². The highest BCUT2D eigenvalue weighted by atomic mass is 16.4. The van der Waals surface area contributed by atoms with E-state index in [1.807, 2.05) is 16.0 Å². The monoisotopic (exact) mass is 463 g/mol. The average Bonchev–Trinajstić information content (AvgIpc) is 2.66. The number of aliphatic hydroxyl groups is 1. The second-order valence-corrected chi connectivity index (χ2v) is 6.51. The van der Waals surface area contributed by atoms with Crippen LogP contribution < -0.4 is 27.4 Å². The van der Waals surface area contributed by atoms with Crippen LogP contribution in [0.5, 0.6) is 0 Å². The van der Waals surface area contributed by atoms with Gasteiger partial charge in [0.15, 0.2) is 0 Å². The van der Waals surface area contributed by atoms with Crippen LogP contribution in [0.15, 0.2) is 0 Å². The largest absolute Gasteiger partial charge is 0.481 e. The number of carboxylic acids is 3. The van der Waals surface area contributed by atoms with Gasteiger partial charge in [0, 0.05) is 6.42 Å². The van der Waals surface area contributed by atoms with Crippen LogP contribution in [0.3, 0.4) is 0 Å². The molecular formula is C16H25N5O11. The number of carbonyl (C=O) groups excluding carboxylic acids is 4. The highest BCUT2D eigenvalue weighted by molar-refractivity contribution is 5.96. The molecule has 4 atom stereocenters. The Hall–Kier alpha value is -3.79. The van der Waals surface area contributed by atoms with Crippen molar-refractivity contribution >= 4 is 41.5 Å². The van der Waals surface area contributed by atoms with Gasteiger partial charge in [-0.05, 0) is 6.42 Å². The van der Waals surface area contributed by atoms with E-state index in [1.165, 1.54) is 0 Å². The second-order valence-electron chi connectivity index (χ2n) is 6.51. The molecule has 0 aromatic heterocycles. The molecule has 4 amide bonds. The molecule has 0 radical (unpaired) electrons. The Morgan fingerprint density at radius 1 is 0.719 bits per heavy atom. The van der Waals surface area contributed by atoms with E-state index in [4.69, 9.17) is 26.8 Å². The number of rotatable bonds is 15. The molecule has 0 aliphatic heterocycles. The number of amides is 4. The molecule has 4 unspecified atom stereocenters. The molecule has 0 bridgehead atoms. The maximum atomic E-state index is 12.4. The molecule has 0 spiro atoms. The SMILES string of the molecule is NC(=O)CC(NC(=O)C(N)CC(=O)O)C(=O)NC(CO)C(=O)NC(CCC(=O)O)C(=O)O. The highest BCUT2D eigenvalue weighted by Gasteiger charge is 2.31. The lowest BCUT2D eigenvalue weighted by Crippen LogP contribution is -2.58. The Morgan fingerprint density at radius 3 is 1.66 bits per heavy atom. The summed E-state index contributed by atoms with van der Waals surface area (Å²) >= 11 is 0. The van der Waals surface area contributed by atoms with Crippen LogP contribution in [0.4, 0.5) is 0 Å². The number of aliphatic hydroxyl groups excluding tert-OH is 1. The van der Waals surface area contributed by atoms with Crippen molar-refractivity contribution in [3.05, 3.63) is 0 Å². The first-order valence-corrected chi connectivity index (χ1v) is 9.00. The van der Waals surface area contributed by atoms with Crippen LogP contribution in [0.1, 0.15) is 25.7 Å². The summed E-state index contributed by atoms with van der Waals surface area (Å²) in [5.74, 6) is -8.83. The van der Waals surface area contributed by atoms with Crippen molar-refractivity contribution in [3.63, 3.8) is 0 Å². The van der Waals surface area contributed by atoms with Crippen LogP contribution in [0.25, 0.3) is 0 Å². The number of nitrogens with one attached hydrogen (secondary N) is 3. The Balaban J connectivity index is 5.27. The Morgan fingerprint density at radius 2 is 1.22 bits per heavy atom. The minimum Gasteiger partial charge on any atom is -0.481 e. The lowest BCUT2D eigenvalue weighted by atomic mass is 10.1. The van der Waals surface area contributed by atoms with Crippen molar-refractivity contribution in [1.82, 2.24) is 16.0 Å². The third-order valence-electron chi connectivity index (χ3n) is 3.85. The lowest BCUT2D eigenvalue weighted by Gasteiger charge is -2.23. The van der Waals surface area contributed by atoms with E-state index in [0.29, 0.717) is 0 Å². The number of carboxylic acid groups (broad SMARTS) is 3. The van der Waals surface area contributed by atoms with Crippen molar-refractivity contribution in [2.75, 3.05) is 6.61 Å². The van der Waals surface area contributed by atoms with Gasteiger partial charge >= 0.3 is 17.9 Å². The summed E-state index contributed by atoms with van der Waals surface area (Å²) in [7, 11) is 0. The number of hydrogen-bond donors (Lipinski definition) is 9. The quantitative estimate of drug-likeness (QED) is 0.110. The van der Waals surface area contributed by atoms with Gasteiger partial charge in [-0.1, -0.05) is 0 Å². The first-order valence-electron chi connectivity index (χ1n) is 9.00. The standard InChI is InChI=1S/C16H25N5O11/c17-6(3-12(26)27)13(28)20-8(4-10(18)23)14(29)21-9(5-22)15(30)19-7(16(31)32)1-2-11(24)25/h6-9,22H,1-5,17H2,(H2,18,23)(H,19,30)(H,20,28)(H,21,29)(H,24,25)(H,26,27)(H,31,32). The van der Waals surface area contributed by atoms with Crippen LogP contribution >= 0.6 is 0 Å². The van der Waals surface area contributed by atoms with E-state index in [9.17, 15) is 38.7 Å². The van der Waals surface area contributed by atoms with Crippen LogP contribution in [0, 0.1) is 0 Å². The minimum atomic E-state index is -1.74. The Bertz CT molecular complexity index is 757. The molecule has 11 N–H and O–H groups in total. The first kappa shape index (κ1) is 28.2. The van der Waals surface area contributed by atoms with Crippen molar-refractivity contribution in [2.24, 2.45) is 11.5 Å². The molecule has 32 heavy (non-hydrogen) atoms. The van der Waals surface area contributed by atoms with E-state index >= 15 is 0 Å². The fourth-order valence-electron chi connectivity index (χ4n) is 2.23. The van der Waals surface area contributed by atoms with Gasteiger partial charge in [-0.3, -0.25) is 28.8 Å². The predicted octanol–water partition coefficient (Wildman–Crippen LogP) is -4.94. The molecule has 0 aliphatic carbocycles. The van der Waals surface area contributed by atoms with Gasteiger partial charge in [-0.15, -0.1) is 0 Å². The first-order chi connectivity index (χ1) is 14.8. The minimum absolute atomic E-state index is 0.482. The van der Waals surface area contributed by atoms with Gasteiger partial charge < -0.3 is 47.8 Å². The summed E-state index contributed by atoms with van der Waals surface area (Å²) in [5.41, 5.74) is 10.4. The number of aliphatic carboxylic acids is 3. The molecule has 0 saturated carbocycles. The maximum Gasteiger partial charge on any atom is 0.326 e. The Labute approximate surface area is 180 Å². The zero-order valence-electron chi connectivity index (χ0n) is 16.6.